The summed E-state index contributed by atoms with van der Waals surface area (Å²) in [5.74, 6) is 0.149. The van der Waals surface area contributed by atoms with Crippen molar-refractivity contribution in [2.75, 3.05) is 0 Å². The van der Waals surface area contributed by atoms with Crippen LogP contribution in [0, 0.1) is 0 Å². The third-order valence-electron chi connectivity index (χ3n) is 4.77. The Balaban J connectivity index is 1.63. The molecule has 0 aliphatic heterocycles. The van der Waals surface area contributed by atoms with Crippen LogP contribution in [0.4, 0.5) is 0 Å². The highest BCUT2D eigenvalue weighted by Gasteiger charge is 2.20. The Morgan fingerprint density at radius 3 is 2.60 bits per heavy atom. The first kappa shape index (κ1) is 19.3. The molecule has 3 aromatic heterocycles. The molecule has 0 bridgehead atoms. The average molecular weight is 400 g/mol. The van der Waals surface area contributed by atoms with Gasteiger partial charge >= 0.3 is 0 Å². The number of aliphatic hydroxyl groups excluding tert-OH is 1. The van der Waals surface area contributed by atoms with Gasteiger partial charge in [0.1, 0.15) is 18.4 Å². The minimum atomic E-state index is -0.365. The molecule has 0 spiro atoms. The predicted molar refractivity (Wildman–Crippen MR) is 111 cm³/mol. The molecular formula is C23H20N4O3. The van der Waals surface area contributed by atoms with Crippen LogP contribution in [0.1, 0.15) is 38.6 Å². The third-order valence-corrected chi connectivity index (χ3v) is 4.77. The normalized spacial score (nSPS) is 11.5. The summed E-state index contributed by atoms with van der Waals surface area (Å²) >= 11 is 0. The van der Waals surface area contributed by atoms with Crippen LogP contribution in [0.5, 0.6) is 0 Å². The highest BCUT2D eigenvalue weighted by molar-refractivity contribution is 6.08. The number of aryl methyl sites for hydroxylation is 2. The Kier molecular flexibility index (Phi) is 5.80. The number of allylic oxidation sites excluding steroid dienone is 1. The van der Waals surface area contributed by atoms with E-state index in [0.29, 0.717) is 18.4 Å². The quantitative estimate of drug-likeness (QED) is 0.264. The molecular weight excluding hydrogens is 380 g/mol. The van der Waals surface area contributed by atoms with Crippen LogP contribution in [0.3, 0.4) is 0 Å². The van der Waals surface area contributed by atoms with E-state index in [-0.39, 0.29) is 17.4 Å². The highest BCUT2D eigenvalue weighted by Crippen LogP contribution is 2.24. The maximum Gasteiger partial charge on any atom is 0.215 e. The molecule has 150 valence electrons. The summed E-state index contributed by atoms with van der Waals surface area (Å²) in [6.45, 7) is 0. The van der Waals surface area contributed by atoms with Crippen LogP contribution in [0.15, 0.2) is 77.9 Å². The van der Waals surface area contributed by atoms with Crippen molar-refractivity contribution < 1.29 is 14.3 Å². The zero-order chi connectivity index (χ0) is 20.8. The number of nitrogens with one attached hydrogen (secondary N) is 1. The van der Waals surface area contributed by atoms with E-state index in [1.165, 1.54) is 18.2 Å². The van der Waals surface area contributed by atoms with E-state index in [0.717, 1.165) is 29.4 Å². The number of furan rings is 1. The van der Waals surface area contributed by atoms with Gasteiger partial charge in [0.2, 0.25) is 5.82 Å². The van der Waals surface area contributed by atoms with E-state index >= 15 is 0 Å². The number of hydrogen-bond donors (Lipinski definition) is 2. The molecule has 2 N–H and O–H groups in total. The number of H-pyrrole nitrogens is 1. The Labute approximate surface area is 173 Å². The second-order valence-electron chi connectivity index (χ2n) is 6.79. The van der Waals surface area contributed by atoms with Crippen molar-refractivity contribution >= 4 is 11.5 Å². The van der Waals surface area contributed by atoms with Gasteiger partial charge in [0.25, 0.3) is 0 Å². The maximum absolute atomic E-state index is 12.9. The van der Waals surface area contributed by atoms with Gasteiger partial charge in [-0.3, -0.25) is 14.9 Å². The number of aliphatic hydroxyl groups is 1. The monoisotopic (exact) mass is 400 g/mol. The first-order valence-corrected chi connectivity index (χ1v) is 9.54. The number of carbonyl (C=O) groups excluding carboxylic acids is 1. The molecule has 0 unspecified atom stereocenters. The Hall–Kier alpha value is -4.00. The summed E-state index contributed by atoms with van der Waals surface area (Å²) < 4.78 is 5.80. The standard InChI is InChI=1S/C23H20N4O3/c28-20(13-21(29)23-25-15-26-27-23)19-14-30-22(7-6-16-4-2-1-3-5-16)18(19)12-17-8-10-24-11-9-17/h1-5,8-11,13-15,29H,6-7,12H2,(H,25,26,27). The van der Waals surface area contributed by atoms with E-state index in [2.05, 4.69) is 32.3 Å². The van der Waals surface area contributed by atoms with E-state index < -0.39 is 0 Å². The minimum Gasteiger partial charge on any atom is -0.504 e. The van der Waals surface area contributed by atoms with Crippen molar-refractivity contribution in [3.63, 3.8) is 0 Å². The second-order valence-corrected chi connectivity index (χ2v) is 6.79. The third kappa shape index (κ3) is 4.52. The van der Waals surface area contributed by atoms with Crippen LogP contribution in [-0.4, -0.2) is 31.1 Å². The van der Waals surface area contributed by atoms with E-state index in [4.69, 9.17) is 4.42 Å². The molecule has 0 saturated heterocycles. The van der Waals surface area contributed by atoms with Crippen molar-refractivity contribution in [3.05, 3.63) is 107 Å². The van der Waals surface area contributed by atoms with Gasteiger partial charge in [0, 0.05) is 36.9 Å². The number of carbonyl (C=O) groups is 1. The summed E-state index contributed by atoms with van der Waals surface area (Å²) in [4.78, 5) is 20.8. The molecule has 0 radical (unpaired) electrons. The summed E-state index contributed by atoms with van der Waals surface area (Å²) in [7, 11) is 0. The SMILES string of the molecule is O=C(C=C(O)c1nc[nH]n1)c1coc(CCc2ccccc2)c1Cc1ccncc1. The molecule has 0 saturated carbocycles. The van der Waals surface area contributed by atoms with Crippen LogP contribution in [0.2, 0.25) is 0 Å². The fourth-order valence-corrected chi connectivity index (χ4v) is 3.24. The van der Waals surface area contributed by atoms with Gasteiger partial charge in [-0.25, -0.2) is 4.98 Å². The maximum atomic E-state index is 12.9. The number of aromatic amines is 1. The Bertz CT molecular complexity index is 1130. The summed E-state index contributed by atoms with van der Waals surface area (Å²) in [5, 5.41) is 16.4. The molecule has 7 nitrogen and oxygen atoms in total. The summed E-state index contributed by atoms with van der Waals surface area (Å²) in [6, 6.07) is 13.9. The topological polar surface area (TPSA) is 105 Å². The van der Waals surface area contributed by atoms with Crippen molar-refractivity contribution in [2.45, 2.75) is 19.3 Å². The number of hydrogen-bond acceptors (Lipinski definition) is 6. The molecule has 30 heavy (non-hydrogen) atoms. The molecule has 4 rings (SSSR count). The highest BCUT2D eigenvalue weighted by atomic mass is 16.3. The van der Waals surface area contributed by atoms with Gasteiger partial charge in [-0.1, -0.05) is 30.3 Å². The zero-order valence-corrected chi connectivity index (χ0v) is 16.2. The second kappa shape index (κ2) is 9.00. The van der Waals surface area contributed by atoms with Crippen molar-refractivity contribution in [3.8, 4) is 0 Å². The molecule has 7 heteroatoms. The number of benzene rings is 1. The first-order valence-electron chi connectivity index (χ1n) is 9.54. The van der Waals surface area contributed by atoms with Crippen molar-refractivity contribution in [2.24, 2.45) is 0 Å². The number of ketones is 1. The first-order chi connectivity index (χ1) is 14.7. The molecule has 0 fully saturated rings. The fourth-order valence-electron chi connectivity index (χ4n) is 3.24. The van der Waals surface area contributed by atoms with E-state index in [9.17, 15) is 9.90 Å². The zero-order valence-electron chi connectivity index (χ0n) is 16.2. The van der Waals surface area contributed by atoms with Gasteiger partial charge in [-0.15, -0.1) is 0 Å². The molecule has 4 aromatic rings. The molecule has 0 atom stereocenters. The van der Waals surface area contributed by atoms with Gasteiger partial charge in [0.15, 0.2) is 11.5 Å². The van der Waals surface area contributed by atoms with Crippen LogP contribution in [0.25, 0.3) is 5.76 Å². The Morgan fingerprint density at radius 2 is 1.87 bits per heavy atom. The summed E-state index contributed by atoms with van der Waals surface area (Å²) in [5.41, 5.74) is 3.43. The van der Waals surface area contributed by atoms with Crippen LogP contribution in [-0.2, 0) is 19.3 Å². The lowest BCUT2D eigenvalue weighted by molar-refractivity contribution is 0.104. The number of rotatable bonds is 8. The molecule has 0 amide bonds. The van der Waals surface area contributed by atoms with Crippen molar-refractivity contribution in [1.29, 1.82) is 0 Å². The lowest BCUT2D eigenvalue weighted by atomic mass is 9.97. The van der Waals surface area contributed by atoms with Gasteiger partial charge < -0.3 is 9.52 Å². The van der Waals surface area contributed by atoms with Crippen molar-refractivity contribution in [1.82, 2.24) is 20.2 Å². The number of aromatic nitrogens is 4. The van der Waals surface area contributed by atoms with E-state index in [1.54, 1.807) is 12.4 Å². The largest absolute Gasteiger partial charge is 0.504 e. The fraction of sp³-hybridized carbons (Fsp3) is 0.130. The van der Waals surface area contributed by atoms with Gasteiger partial charge in [0.05, 0.1) is 5.56 Å². The van der Waals surface area contributed by atoms with Gasteiger partial charge in [-0.05, 0) is 29.7 Å². The molecule has 0 aliphatic rings. The van der Waals surface area contributed by atoms with E-state index in [1.807, 2.05) is 30.3 Å². The average Bonchev–Trinajstić information content (AvgIpc) is 3.44. The summed E-state index contributed by atoms with van der Waals surface area (Å²) in [6.07, 6.45) is 9.33. The Morgan fingerprint density at radius 1 is 1.07 bits per heavy atom. The number of nitrogens with zero attached hydrogens (tertiary/aromatic N) is 3. The van der Waals surface area contributed by atoms with Gasteiger partial charge in [-0.2, -0.15) is 5.10 Å². The number of pyridine rings is 1. The lowest BCUT2D eigenvalue weighted by Gasteiger charge is -2.06. The van der Waals surface area contributed by atoms with Crippen LogP contribution < -0.4 is 0 Å². The molecule has 1 aromatic carbocycles. The van der Waals surface area contributed by atoms with Crippen LogP contribution >= 0.6 is 0 Å². The minimum absolute atomic E-state index is 0.0619. The lowest BCUT2D eigenvalue weighted by Crippen LogP contribution is -2.03. The molecule has 3 heterocycles. The molecule has 0 aliphatic carbocycles. The smallest absolute Gasteiger partial charge is 0.215 e. The predicted octanol–water partition coefficient (Wildman–Crippen LogP) is 3.95.